The van der Waals surface area contributed by atoms with Crippen molar-refractivity contribution in [1.82, 2.24) is 5.32 Å². The highest BCUT2D eigenvalue weighted by atomic mass is 79.9. The molecule has 0 saturated carbocycles. The molecule has 1 N–H and O–H groups in total. The lowest BCUT2D eigenvalue weighted by Crippen LogP contribution is -2.25. The topological polar surface area (TPSA) is 12.0 Å². The van der Waals surface area contributed by atoms with Crippen molar-refractivity contribution in [2.24, 2.45) is 0 Å². The van der Waals surface area contributed by atoms with Gasteiger partial charge in [-0.2, -0.15) is 0 Å². The van der Waals surface area contributed by atoms with E-state index in [9.17, 15) is 4.39 Å². The van der Waals surface area contributed by atoms with Gasteiger partial charge in [-0.15, -0.1) is 0 Å². The van der Waals surface area contributed by atoms with Gasteiger partial charge in [-0.05, 0) is 37.1 Å². The monoisotopic (exact) mass is 273 g/mol. The molecule has 1 nitrogen and oxygen atoms in total. The van der Waals surface area contributed by atoms with Crippen LogP contribution in [0.2, 0.25) is 0 Å². The van der Waals surface area contributed by atoms with E-state index in [0.717, 1.165) is 16.5 Å². The highest BCUT2D eigenvalue weighted by Gasteiger charge is 2.04. The highest BCUT2D eigenvalue weighted by Crippen LogP contribution is 2.17. The maximum atomic E-state index is 13.0. The highest BCUT2D eigenvalue weighted by molar-refractivity contribution is 9.10. The van der Waals surface area contributed by atoms with Gasteiger partial charge in [0.25, 0.3) is 0 Å². The summed E-state index contributed by atoms with van der Waals surface area (Å²) in [5.41, 5.74) is 0.970. The van der Waals surface area contributed by atoms with Gasteiger partial charge >= 0.3 is 0 Å². The summed E-state index contributed by atoms with van der Waals surface area (Å²) in [6, 6.07) is 5.25. The Labute approximate surface area is 99.2 Å². The zero-order valence-electron chi connectivity index (χ0n) is 9.19. The summed E-state index contributed by atoms with van der Waals surface area (Å²) in [7, 11) is 0. The van der Waals surface area contributed by atoms with Gasteiger partial charge in [0.2, 0.25) is 0 Å². The van der Waals surface area contributed by atoms with E-state index in [2.05, 4.69) is 35.1 Å². The first-order valence-corrected chi connectivity index (χ1v) is 6.10. The minimum absolute atomic E-state index is 0.182. The first-order valence-electron chi connectivity index (χ1n) is 5.30. The van der Waals surface area contributed by atoms with E-state index in [1.807, 2.05) is 0 Å². The molecule has 1 aromatic rings. The molecule has 0 aliphatic rings. The van der Waals surface area contributed by atoms with Crippen molar-refractivity contribution in [2.75, 3.05) is 0 Å². The second kappa shape index (κ2) is 6.23. The van der Waals surface area contributed by atoms with Gasteiger partial charge in [-0.1, -0.05) is 29.3 Å². The van der Waals surface area contributed by atoms with E-state index < -0.39 is 0 Å². The van der Waals surface area contributed by atoms with Crippen LogP contribution in [0, 0.1) is 5.82 Å². The minimum Gasteiger partial charge on any atom is -0.310 e. The standard InChI is InChI=1S/C12H17BrFN/c1-3-4-9(2)15-8-10-7-11(14)5-6-12(10)13/h5-7,9,15H,3-4,8H2,1-2H3. The van der Waals surface area contributed by atoms with Gasteiger partial charge in [0.05, 0.1) is 0 Å². The van der Waals surface area contributed by atoms with Crippen molar-refractivity contribution in [2.45, 2.75) is 39.3 Å². The number of hydrogen-bond donors (Lipinski definition) is 1. The van der Waals surface area contributed by atoms with Crippen molar-refractivity contribution in [3.8, 4) is 0 Å². The number of rotatable bonds is 5. The Morgan fingerprint density at radius 1 is 1.47 bits per heavy atom. The molecule has 3 heteroatoms. The smallest absolute Gasteiger partial charge is 0.123 e. The van der Waals surface area contributed by atoms with Crippen molar-refractivity contribution in [1.29, 1.82) is 0 Å². The van der Waals surface area contributed by atoms with Gasteiger partial charge in [-0.25, -0.2) is 4.39 Å². The maximum Gasteiger partial charge on any atom is 0.123 e. The average molecular weight is 274 g/mol. The molecule has 0 radical (unpaired) electrons. The first-order chi connectivity index (χ1) is 7.13. The Morgan fingerprint density at radius 2 is 2.20 bits per heavy atom. The van der Waals surface area contributed by atoms with Gasteiger partial charge in [-0.3, -0.25) is 0 Å². The lowest BCUT2D eigenvalue weighted by Gasteiger charge is -2.13. The third-order valence-electron chi connectivity index (χ3n) is 2.37. The number of benzene rings is 1. The Kier molecular flexibility index (Phi) is 5.26. The molecule has 0 fully saturated rings. The molecule has 1 rings (SSSR count). The number of hydrogen-bond acceptors (Lipinski definition) is 1. The van der Waals surface area contributed by atoms with Gasteiger partial charge in [0.15, 0.2) is 0 Å². The van der Waals surface area contributed by atoms with Crippen LogP contribution in [0.1, 0.15) is 32.3 Å². The predicted octanol–water partition coefficient (Wildman–Crippen LogP) is 3.87. The van der Waals surface area contributed by atoms with E-state index in [1.54, 1.807) is 12.1 Å². The number of nitrogens with one attached hydrogen (secondary N) is 1. The van der Waals surface area contributed by atoms with Crippen molar-refractivity contribution in [3.05, 3.63) is 34.1 Å². The number of halogens is 2. The van der Waals surface area contributed by atoms with Crippen LogP contribution in [-0.4, -0.2) is 6.04 Å². The molecular formula is C12H17BrFN. The molecular weight excluding hydrogens is 257 g/mol. The predicted molar refractivity (Wildman–Crippen MR) is 65.3 cm³/mol. The lowest BCUT2D eigenvalue weighted by atomic mass is 10.1. The van der Waals surface area contributed by atoms with Crippen LogP contribution in [0.3, 0.4) is 0 Å². The molecule has 0 heterocycles. The summed E-state index contributed by atoms with van der Waals surface area (Å²) >= 11 is 3.41. The molecule has 0 spiro atoms. The van der Waals surface area contributed by atoms with Crippen LogP contribution in [-0.2, 0) is 6.54 Å². The summed E-state index contributed by atoms with van der Waals surface area (Å²) < 4.78 is 13.9. The molecule has 1 atom stereocenters. The Balaban J connectivity index is 2.53. The van der Waals surface area contributed by atoms with Gasteiger partial charge in [0, 0.05) is 17.1 Å². The molecule has 1 unspecified atom stereocenters. The first kappa shape index (κ1) is 12.7. The summed E-state index contributed by atoms with van der Waals surface area (Å²) in [6.07, 6.45) is 2.31. The zero-order valence-corrected chi connectivity index (χ0v) is 10.8. The van der Waals surface area contributed by atoms with Crippen molar-refractivity contribution < 1.29 is 4.39 Å². The van der Waals surface area contributed by atoms with E-state index in [1.165, 1.54) is 12.5 Å². The fourth-order valence-corrected chi connectivity index (χ4v) is 1.88. The lowest BCUT2D eigenvalue weighted by molar-refractivity contribution is 0.506. The summed E-state index contributed by atoms with van der Waals surface area (Å²) in [4.78, 5) is 0. The average Bonchev–Trinajstić information content (AvgIpc) is 2.20. The third-order valence-corrected chi connectivity index (χ3v) is 3.14. The Bertz CT molecular complexity index is 314. The van der Waals surface area contributed by atoms with Crippen molar-refractivity contribution in [3.63, 3.8) is 0 Å². The Hall–Kier alpha value is -0.410. The van der Waals surface area contributed by atoms with Crippen LogP contribution in [0.15, 0.2) is 22.7 Å². The van der Waals surface area contributed by atoms with Crippen molar-refractivity contribution >= 4 is 15.9 Å². The third kappa shape index (κ3) is 4.31. The molecule has 84 valence electrons. The maximum absolute atomic E-state index is 13.0. The summed E-state index contributed by atoms with van der Waals surface area (Å²) in [5.74, 6) is -0.182. The summed E-state index contributed by atoms with van der Waals surface area (Å²) in [6.45, 7) is 5.02. The SMILES string of the molecule is CCCC(C)NCc1cc(F)ccc1Br. The molecule has 0 aromatic heterocycles. The van der Waals surface area contributed by atoms with E-state index in [-0.39, 0.29) is 5.82 Å². The van der Waals surface area contributed by atoms with Gasteiger partial charge in [0.1, 0.15) is 5.82 Å². The molecule has 1 aromatic carbocycles. The fraction of sp³-hybridized carbons (Fsp3) is 0.500. The largest absolute Gasteiger partial charge is 0.310 e. The molecule has 0 aliphatic carbocycles. The minimum atomic E-state index is -0.182. The van der Waals surface area contributed by atoms with Crippen LogP contribution < -0.4 is 5.32 Å². The van der Waals surface area contributed by atoms with Gasteiger partial charge < -0.3 is 5.32 Å². The summed E-state index contributed by atoms with van der Waals surface area (Å²) in [5, 5.41) is 3.37. The van der Waals surface area contributed by atoms with Crippen LogP contribution in [0.5, 0.6) is 0 Å². The van der Waals surface area contributed by atoms with E-state index in [0.29, 0.717) is 12.6 Å². The fourth-order valence-electron chi connectivity index (χ4n) is 1.50. The van der Waals surface area contributed by atoms with Crippen LogP contribution in [0.25, 0.3) is 0 Å². The van der Waals surface area contributed by atoms with Crippen LogP contribution >= 0.6 is 15.9 Å². The second-order valence-corrected chi connectivity index (χ2v) is 4.66. The molecule has 0 bridgehead atoms. The van der Waals surface area contributed by atoms with E-state index >= 15 is 0 Å². The quantitative estimate of drug-likeness (QED) is 0.859. The molecule has 0 saturated heterocycles. The molecule has 0 aliphatic heterocycles. The zero-order chi connectivity index (χ0) is 11.3. The Morgan fingerprint density at radius 3 is 2.87 bits per heavy atom. The normalized spacial score (nSPS) is 12.8. The molecule has 15 heavy (non-hydrogen) atoms. The van der Waals surface area contributed by atoms with Crippen LogP contribution in [0.4, 0.5) is 4.39 Å². The molecule has 0 amide bonds. The second-order valence-electron chi connectivity index (χ2n) is 3.81. The van der Waals surface area contributed by atoms with E-state index in [4.69, 9.17) is 0 Å².